The number of hydrogen-bond donors (Lipinski definition) is 0. The maximum Gasteiger partial charge on any atom is 0.225 e. The average molecular weight is 284 g/mol. The first-order chi connectivity index (χ1) is 7.54. The van der Waals surface area contributed by atoms with Crippen LogP contribution in [0.2, 0.25) is 0 Å². The van der Waals surface area contributed by atoms with Crippen LogP contribution in [-0.4, -0.2) is 17.9 Å². The molecular weight excluding hydrogens is 266 g/mol. The zero-order chi connectivity index (χ0) is 12.1. The molecule has 0 bridgehead atoms. The molecule has 0 heterocycles. The van der Waals surface area contributed by atoms with Gasteiger partial charge in [0.2, 0.25) is 5.91 Å². The number of hydrogen-bond acceptors (Lipinski definition) is 1. The van der Waals surface area contributed by atoms with E-state index in [1.807, 2.05) is 45.2 Å². The molecule has 0 aliphatic heterocycles. The number of carbonyl (C=O) groups excluding carboxylic acids is 1. The molecule has 1 unspecified atom stereocenters. The number of amides is 1. The summed E-state index contributed by atoms with van der Waals surface area (Å²) in [5, 5.41) is 0. The van der Waals surface area contributed by atoms with Crippen molar-refractivity contribution >= 4 is 21.8 Å². The van der Waals surface area contributed by atoms with Crippen molar-refractivity contribution < 1.29 is 4.79 Å². The van der Waals surface area contributed by atoms with Crippen LogP contribution in [0.3, 0.4) is 0 Å². The predicted octanol–water partition coefficient (Wildman–Crippen LogP) is 3.45. The quantitative estimate of drug-likeness (QED) is 0.829. The lowest BCUT2D eigenvalue weighted by Gasteiger charge is -2.20. The second-order valence-corrected chi connectivity index (χ2v) is 5.05. The van der Waals surface area contributed by atoms with Crippen molar-refractivity contribution in [2.45, 2.75) is 26.8 Å². The summed E-state index contributed by atoms with van der Waals surface area (Å²) < 4.78 is 1.06. The molecule has 0 saturated carbocycles. The molecular formula is C13H18BrNO. The maximum atomic E-state index is 11.9. The fraction of sp³-hybridized carbons (Fsp3) is 0.462. The van der Waals surface area contributed by atoms with Gasteiger partial charge in [-0.3, -0.25) is 4.79 Å². The minimum absolute atomic E-state index is 0.112. The number of nitrogens with zero attached hydrogens (tertiary/aromatic N) is 1. The van der Waals surface area contributed by atoms with E-state index in [1.54, 1.807) is 4.90 Å². The van der Waals surface area contributed by atoms with Gasteiger partial charge in [-0.25, -0.2) is 0 Å². The van der Waals surface area contributed by atoms with Gasteiger partial charge in [-0.2, -0.15) is 0 Å². The topological polar surface area (TPSA) is 20.3 Å². The predicted molar refractivity (Wildman–Crippen MR) is 70.1 cm³/mol. The van der Waals surface area contributed by atoms with Gasteiger partial charge in [-0.15, -0.1) is 0 Å². The van der Waals surface area contributed by atoms with Crippen molar-refractivity contribution in [2.75, 3.05) is 7.05 Å². The Morgan fingerprint density at radius 1 is 1.38 bits per heavy atom. The smallest absolute Gasteiger partial charge is 0.225 e. The highest BCUT2D eigenvalue weighted by Gasteiger charge is 2.15. The van der Waals surface area contributed by atoms with Gasteiger partial charge in [0.15, 0.2) is 0 Å². The number of rotatable bonds is 4. The summed E-state index contributed by atoms with van der Waals surface area (Å²) in [5.41, 5.74) is 1.15. The molecule has 0 aliphatic rings. The third-order valence-corrected chi connectivity index (χ3v) is 3.27. The zero-order valence-corrected chi connectivity index (χ0v) is 11.6. The highest BCUT2D eigenvalue weighted by Crippen LogP contribution is 2.13. The van der Waals surface area contributed by atoms with E-state index in [9.17, 15) is 4.79 Å². The van der Waals surface area contributed by atoms with E-state index < -0.39 is 0 Å². The summed E-state index contributed by atoms with van der Waals surface area (Å²) in [5.74, 6) is 0.325. The fourth-order valence-electron chi connectivity index (χ4n) is 1.49. The lowest BCUT2D eigenvalue weighted by atomic mass is 10.1. The summed E-state index contributed by atoms with van der Waals surface area (Å²) >= 11 is 3.39. The van der Waals surface area contributed by atoms with Crippen molar-refractivity contribution in [3.63, 3.8) is 0 Å². The van der Waals surface area contributed by atoms with Gasteiger partial charge in [0.25, 0.3) is 0 Å². The summed E-state index contributed by atoms with van der Waals surface area (Å²) in [6.07, 6.45) is 0.892. The molecule has 1 aromatic carbocycles. The second-order valence-electron chi connectivity index (χ2n) is 4.13. The third kappa shape index (κ3) is 3.63. The van der Waals surface area contributed by atoms with Crippen LogP contribution < -0.4 is 0 Å². The van der Waals surface area contributed by atoms with E-state index in [4.69, 9.17) is 0 Å². The zero-order valence-electron chi connectivity index (χ0n) is 10.0. The Balaban J connectivity index is 2.60. The SMILES string of the molecule is CCC(C)C(=O)N(C)Cc1ccc(Br)cc1. The molecule has 0 saturated heterocycles. The molecule has 16 heavy (non-hydrogen) atoms. The van der Waals surface area contributed by atoms with Crippen molar-refractivity contribution in [1.29, 1.82) is 0 Å². The van der Waals surface area contributed by atoms with Gasteiger partial charge in [-0.05, 0) is 24.1 Å². The monoisotopic (exact) mass is 283 g/mol. The Morgan fingerprint density at radius 2 is 1.94 bits per heavy atom. The van der Waals surface area contributed by atoms with Crippen LogP contribution in [0.25, 0.3) is 0 Å². The molecule has 1 aromatic rings. The Bertz CT molecular complexity index is 347. The molecule has 0 aromatic heterocycles. The number of benzene rings is 1. The van der Waals surface area contributed by atoms with E-state index in [2.05, 4.69) is 15.9 Å². The molecule has 2 nitrogen and oxygen atoms in total. The van der Waals surface area contributed by atoms with Crippen LogP contribution in [-0.2, 0) is 11.3 Å². The first kappa shape index (κ1) is 13.2. The molecule has 0 N–H and O–H groups in total. The van der Waals surface area contributed by atoms with Gasteiger partial charge in [0, 0.05) is 24.0 Å². The summed E-state index contributed by atoms with van der Waals surface area (Å²) in [6, 6.07) is 8.06. The molecule has 0 radical (unpaired) electrons. The molecule has 1 atom stereocenters. The first-order valence-electron chi connectivity index (χ1n) is 5.54. The summed E-state index contributed by atoms with van der Waals surface area (Å²) in [4.78, 5) is 13.7. The molecule has 1 rings (SSSR count). The van der Waals surface area contributed by atoms with Crippen LogP contribution in [0.15, 0.2) is 28.7 Å². The highest BCUT2D eigenvalue weighted by molar-refractivity contribution is 9.10. The minimum Gasteiger partial charge on any atom is -0.341 e. The fourth-order valence-corrected chi connectivity index (χ4v) is 1.76. The van der Waals surface area contributed by atoms with E-state index >= 15 is 0 Å². The van der Waals surface area contributed by atoms with Crippen LogP contribution in [0.4, 0.5) is 0 Å². The van der Waals surface area contributed by atoms with Crippen LogP contribution in [0.1, 0.15) is 25.8 Å². The Labute approximate surface area is 106 Å². The van der Waals surface area contributed by atoms with Crippen molar-refractivity contribution in [3.8, 4) is 0 Å². The number of carbonyl (C=O) groups is 1. The van der Waals surface area contributed by atoms with E-state index in [0.29, 0.717) is 6.54 Å². The van der Waals surface area contributed by atoms with Gasteiger partial charge in [-0.1, -0.05) is 41.9 Å². The van der Waals surface area contributed by atoms with Crippen molar-refractivity contribution in [2.24, 2.45) is 5.92 Å². The van der Waals surface area contributed by atoms with Gasteiger partial charge >= 0.3 is 0 Å². The average Bonchev–Trinajstić information content (AvgIpc) is 2.30. The Morgan fingerprint density at radius 3 is 2.44 bits per heavy atom. The molecule has 0 aliphatic carbocycles. The van der Waals surface area contributed by atoms with Gasteiger partial charge in [0.1, 0.15) is 0 Å². The normalized spacial score (nSPS) is 12.2. The Kier molecular flexibility index (Phi) is 5.00. The highest BCUT2D eigenvalue weighted by atomic mass is 79.9. The van der Waals surface area contributed by atoms with E-state index in [0.717, 1.165) is 16.5 Å². The lowest BCUT2D eigenvalue weighted by molar-refractivity contribution is -0.134. The molecule has 3 heteroatoms. The largest absolute Gasteiger partial charge is 0.341 e. The molecule has 0 spiro atoms. The lowest BCUT2D eigenvalue weighted by Crippen LogP contribution is -2.30. The van der Waals surface area contributed by atoms with Crippen molar-refractivity contribution in [3.05, 3.63) is 34.3 Å². The molecule has 0 fully saturated rings. The van der Waals surface area contributed by atoms with Crippen LogP contribution in [0, 0.1) is 5.92 Å². The van der Waals surface area contributed by atoms with E-state index in [-0.39, 0.29) is 11.8 Å². The molecule has 88 valence electrons. The van der Waals surface area contributed by atoms with Gasteiger partial charge in [0.05, 0.1) is 0 Å². The standard InChI is InChI=1S/C13H18BrNO/c1-4-10(2)13(16)15(3)9-11-5-7-12(14)8-6-11/h5-8,10H,4,9H2,1-3H3. The Hall–Kier alpha value is -0.830. The summed E-state index contributed by atoms with van der Waals surface area (Å²) in [7, 11) is 1.86. The van der Waals surface area contributed by atoms with E-state index in [1.165, 1.54) is 0 Å². The second kappa shape index (κ2) is 6.04. The van der Waals surface area contributed by atoms with Gasteiger partial charge < -0.3 is 4.90 Å². The minimum atomic E-state index is 0.112. The summed E-state index contributed by atoms with van der Waals surface area (Å²) in [6.45, 7) is 4.69. The third-order valence-electron chi connectivity index (χ3n) is 2.74. The van der Waals surface area contributed by atoms with Crippen LogP contribution in [0.5, 0.6) is 0 Å². The number of halogens is 1. The van der Waals surface area contributed by atoms with Crippen molar-refractivity contribution in [1.82, 2.24) is 4.90 Å². The van der Waals surface area contributed by atoms with Crippen LogP contribution >= 0.6 is 15.9 Å². The maximum absolute atomic E-state index is 11.9. The first-order valence-corrected chi connectivity index (χ1v) is 6.33. The molecule has 1 amide bonds.